The number of piperidine rings is 2. The molecule has 0 bridgehead atoms. The van der Waals surface area contributed by atoms with E-state index in [1.165, 1.54) is 38.5 Å². The minimum Gasteiger partial charge on any atom is -0.343 e. The summed E-state index contributed by atoms with van der Waals surface area (Å²) in [6.45, 7) is 3.65. The van der Waals surface area contributed by atoms with E-state index in [4.69, 9.17) is 0 Å². The topological polar surface area (TPSA) is 40.6 Å². The first kappa shape index (κ1) is 16.8. The van der Waals surface area contributed by atoms with Crippen molar-refractivity contribution >= 4 is 11.8 Å². The molecule has 0 atom stereocenters. The third-order valence-electron chi connectivity index (χ3n) is 6.05. The standard InChI is InChI=1S/C19H32N2O2/c22-18(20-11-5-2-6-12-20)15-16-9-13-21(14-10-16)19(23)17-7-3-1-4-8-17/h16-17H,1-15H2. The Morgan fingerprint density at radius 3 is 1.96 bits per heavy atom. The number of amides is 2. The average molecular weight is 320 g/mol. The molecule has 0 spiro atoms. The molecular formula is C19H32N2O2. The van der Waals surface area contributed by atoms with Crippen LogP contribution >= 0.6 is 0 Å². The van der Waals surface area contributed by atoms with Gasteiger partial charge in [0.25, 0.3) is 0 Å². The fraction of sp³-hybridized carbons (Fsp3) is 0.895. The van der Waals surface area contributed by atoms with Crippen molar-refractivity contribution in [3.8, 4) is 0 Å². The van der Waals surface area contributed by atoms with Crippen molar-refractivity contribution in [3.05, 3.63) is 0 Å². The van der Waals surface area contributed by atoms with Gasteiger partial charge in [-0.1, -0.05) is 19.3 Å². The molecule has 4 nitrogen and oxygen atoms in total. The van der Waals surface area contributed by atoms with Crippen LogP contribution in [-0.4, -0.2) is 47.8 Å². The van der Waals surface area contributed by atoms with Crippen molar-refractivity contribution in [1.29, 1.82) is 0 Å². The van der Waals surface area contributed by atoms with E-state index >= 15 is 0 Å². The molecule has 2 amide bonds. The molecule has 2 heterocycles. The van der Waals surface area contributed by atoms with Crippen molar-refractivity contribution in [3.63, 3.8) is 0 Å². The Labute approximate surface area is 140 Å². The van der Waals surface area contributed by atoms with Crippen LogP contribution in [0.3, 0.4) is 0 Å². The lowest BCUT2D eigenvalue weighted by Gasteiger charge is -2.36. The molecule has 2 saturated heterocycles. The predicted molar refractivity (Wildman–Crippen MR) is 90.9 cm³/mol. The van der Waals surface area contributed by atoms with Crippen LogP contribution in [0.1, 0.15) is 70.6 Å². The highest BCUT2D eigenvalue weighted by Gasteiger charge is 2.30. The normalized spacial score (nSPS) is 24.7. The van der Waals surface area contributed by atoms with Crippen molar-refractivity contribution in [1.82, 2.24) is 9.80 Å². The first-order valence-corrected chi connectivity index (χ1v) is 9.80. The van der Waals surface area contributed by atoms with Crippen LogP contribution in [0.15, 0.2) is 0 Å². The molecule has 0 radical (unpaired) electrons. The van der Waals surface area contributed by atoms with Crippen molar-refractivity contribution in [2.75, 3.05) is 26.2 Å². The summed E-state index contributed by atoms with van der Waals surface area (Å²) >= 11 is 0. The van der Waals surface area contributed by atoms with E-state index in [9.17, 15) is 9.59 Å². The zero-order valence-corrected chi connectivity index (χ0v) is 14.5. The lowest BCUT2D eigenvalue weighted by atomic mass is 9.86. The molecular weight excluding hydrogens is 288 g/mol. The number of rotatable bonds is 3. The van der Waals surface area contributed by atoms with Crippen molar-refractivity contribution in [2.45, 2.75) is 70.6 Å². The monoisotopic (exact) mass is 320 g/mol. The Morgan fingerprint density at radius 1 is 0.696 bits per heavy atom. The number of carbonyl (C=O) groups is 2. The van der Waals surface area contributed by atoms with E-state index in [0.29, 0.717) is 24.2 Å². The largest absolute Gasteiger partial charge is 0.343 e. The Balaban J connectivity index is 1.41. The van der Waals surface area contributed by atoms with Gasteiger partial charge < -0.3 is 9.80 Å². The predicted octanol–water partition coefficient (Wildman–Crippen LogP) is 3.21. The van der Waals surface area contributed by atoms with Gasteiger partial charge in [0.2, 0.25) is 11.8 Å². The van der Waals surface area contributed by atoms with E-state index in [1.54, 1.807) is 0 Å². The molecule has 130 valence electrons. The van der Waals surface area contributed by atoms with Crippen LogP contribution in [0.5, 0.6) is 0 Å². The van der Waals surface area contributed by atoms with E-state index < -0.39 is 0 Å². The summed E-state index contributed by atoms with van der Waals surface area (Å²) in [5, 5.41) is 0. The van der Waals surface area contributed by atoms with Gasteiger partial charge in [-0.05, 0) is 50.9 Å². The van der Waals surface area contributed by atoms with Crippen LogP contribution in [-0.2, 0) is 9.59 Å². The van der Waals surface area contributed by atoms with Gasteiger partial charge >= 0.3 is 0 Å². The number of likely N-dealkylation sites (tertiary alicyclic amines) is 2. The molecule has 2 aliphatic heterocycles. The molecule has 0 aromatic heterocycles. The van der Waals surface area contributed by atoms with Gasteiger partial charge in [-0.25, -0.2) is 0 Å². The summed E-state index contributed by atoms with van der Waals surface area (Å²) in [7, 11) is 0. The van der Waals surface area contributed by atoms with E-state index in [-0.39, 0.29) is 5.92 Å². The summed E-state index contributed by atoms with van der Waals surface area (Å²) in [6.07, 6.45) is 12.2. The lowest BCUT2D eigenvalue weighted by Crippen LogP contribution is -2.43. The fourth-order valence-corrected chi connectivity index (χ4v) is 4.48. The molecule has 3 fully saturated rings. The number of hydrogen-bond acceptors (Lipinski definition) is 2. The maximum atomic E-state index is 12.6. The Morgan fingerprint density at radius 2 is 1.30 bits per heavy atom. The minimum atomic E-state index is 0.287. The van der Waals surface area contributed by atoms with Crippen LogP contribution in [0.25, 0.3) is 0 Å². The molecule has 3 aliphatic rings. The summed E-state index contributed by atoms with van der Waals surface area (Å²) < 4.78 is 0. The third-order valence-corrected chi connectivity index (χ3v) is 6.05. The van der Waals surface area contributed by atoms with Gasteiger partial charge in [-0.3, -0.25) is 9.59 Å². The smallest absolute Gasteiger partial charge is 0.225 e. The molecule has 0 unspecified atom stereocenters. The van der Waals surface area contributed by atoms with Gasteiger partial charge in [-0.15, -0.1) is 0 Å². The van der Waals surface area contributed by atoms with Crippen LogP contribution in [0.2, 0.25) is 0 Å². The highest BCUT2D eigenvalue weighted by Crippen LogP contribution is 2.28. The molecule has 0 N–H and O–H groups in total. The molecule has 0 aromatic rings. The highest BCUT2D eigenvalue weighted by molar-refractivity contribution is 5.79. The van der Waals surface area contributed by atoms with Crippen molar-refractivity contribution in [2.24, 2.45) is 11.8 Å². The zero-order valence-electron chi connectivity index (χ0n) is 14.5. The maximum Gasteiger partial charge on any atom is 0.225 e. The number of nitrogens with zero attached hydrogens (tertiary/aromatic N) is 2. The molecule has 4 heteroatoms. The second kappa shape index (κ2) is 8.16. The number of hydrogen-bond donors (Lipinski definition) is 0. The van der Waals surface area contributed by atoms with Crippen molar-refractivity contribution < 1.29 is 9.59 Å². The summed E-state index contributed by atoms with van der Waals surface area (Å²) in [6, 6.07) is 0. The zero-order chi connectivity index (χ0) is 16.1. The summed E-state index contributed by atoms with van der Waals surface area (Å²) in [5.41, 5.74) is 0. The molecule has 1 aliphatic carbocycles. The SMILES string of the molecule is O=C(CC1CCN(C(=O)C2CCCCC2)CC1)N1CCCCC1. The third kappa shape index (κ3) is 4.48. The highest BCUT2D eigenvalue weighted by atomic mass is 16.2. The summed E-state index contributed by atoms with van der Waals surface area (Å²) in [5.74, 6) is 1.52. The Bertz CT molecular complexity index is 404. The number of carbonyl (C=O) groups excluding carboxylic acids is 2. The Kier molecular flexibility index (Phi) is 5.96. The van der Waals surface area contributed by atoms with Crippen LogP contribution in [0, 0.1) is 11.8 Å². The summed E-state index contributed by atoms with van der Waals surface area (Å²) in [4.78, 5) is 29.1. The first-order chi connectivity index (χ1) is 11.2. The molecule has 0 aromatic carbocycles. The van der Waals surface area contributed by atoms with Gasteiger partial charge in [0.1, 0.15) is 0 Å². The van der Waals surface area contributed by atoms with Gasteiger partial charge in [-0.2, -0.15) is 0 Å². The molecule has 1 saturated carbocycles. The minimum absolute atomic E-state index is 0.287. The lowest BCUT2D eigenvalue weighted by molar-refractivity contribution is -0.138. The van der Waals surface area contributed by atoms with E-state index in [0.717, 1.165) is 51.9 Å². The second-order valence-electron chi connectivity index (χ2n) is 7.75. The van der Waals surface area contributed by atoms with Gasteiger partial charge in [0, 0.05) is 38.5 Å². The van der Waals surface area contributed by atoms with Crippen LogP contribution in [0.4, 0.5) is 0 Å². The van der Waals surface area contributed by atoms with E-state index in [1.807, 2.05) is 0 Å². The maximum absolute atomic E-state index is 12.6. The van der Waals surface area contributed by atoms with Gasteiger partial charge in [0.15, 0.2) is 0 Å². The second-order valence-corrected chi connectivity index (χ2v) is 7.75. The quantitative estimate of drug-likeness (QED) is 0.801. The average Bonchev–Trinajstić information content (AvgIpc) is 2.63. The molecule has 23 heavy (non-hydrogen) atoms. The molecule has 3 rings (SSSR count). The fourth-order valence-electron chi connectivity index (χ4n) is 4.48. The van der Waals surface area contributed by atoms with E-state index in [2.05, 4.69) is 9.80 Å². The first-order valence-electron chi connectivity index (χ1n) is 9.80. The van der Waals surface area contributed by atoms with Gasteiger partial charge in [0.05, 0.1) is 0 Å². The Hall–Kier alpha value is -1.06. The van der Waals surface area contributed by atoms with Crippen LogP contribution < -0.4 is 0 Å².